The fraction of sp³-hybridized carbons (Fsp3) is 0.455. The predicted molar refractivity (Wildman–Crippen MR) is 123 cm³/mol. The summed E-state index contributed by atoms with van der Waals surface area (Å²) in [6, 6.07) is 10.3. The predicted octanol–water partition coefficient (Wildman–Crippen LogP) is 2.60. The highest BCUT2D eigenvalue weighted by atomic mass is 31.1. The van der Waals surface area contributed by atoms with E-state index in [4.69, 9.17) is 19.5 Å². The highest BCUT2D eigenvalue weighted by molar-refractivity contribution is 7.33. The third kappa shape index (κ3) is 4.54. The van der Waals surface area contributed by atoms with Gasteiger partial charge in [-0.1, -0.05) is 32.9 Å². The van der Waals surface area contributed by atoms with Crippen LogP contribution in [0.3, 0.4) is 0 Å². The Morgan fingerprint density at radius 1 is 1.24 bits per heavy atom. The summed E-state index contributed by atoms with van der Waals surface area (Å²) in [5.41, 5.74) is 5.71. The number of aliphatic hydroxyl groups is 2. The summed E-state index contributed by atoms with van der Waals surface area (Å²) in [7, 11) is -3.11. The number of aromatic nitrogens is 3. The molecule has 5 atom stereocenters. The van der Waals surface area contributed by atoms with E-state index in [9.17, 15) is 19.2 Å². The Bertz CT molecular complexity index is 1180. The quantitative estimate of drug-likeness (QED) is 0.423. The Hall–Kier alpha value is -2.56. The summed E-state index contributed by atoms with van der Waals surface area (Å²) in [6.07, 6.45) is -3.07. The lowest BCUT2D eigenvalue weighted by Crippen LogP contribution is -2.48. The summed E-state index contributed by atoms with van der Waals surface area (Å²) < 4.78 is 44.3. The van der Waals surface area contributed by atoms with Gasteiger partial charge in [0.25, 0.3) is 0 Å². The van der Waals surface area contributed by atoms with Gasteiger partial charge in [0, 0.05) is 0 Å². The first kappa shape index (κ1) is 24.6. The molecule has 1 aliphatic rings. The van der Waals surface area contributed by atoms with Gasteiger partial charge in [0.15, 0.2) is 5.82 Å². The van der Waals surface area contributed by atoms with Crippen LogP contribution in [0.5, 0.6) is 5.75 Å². The number of rotatable bonds is 7. The van der Waals surface area contributed by atoms with Gasteiger partial charge in [-0.3, -0.25) is 4.52 Å². The SMILES string of the molecule is CC(C)(C)c1ccc(O[PH](=O)OC[C@@]2(CF)O[C@@H](c3ccc4c(N)ncnn34)[C@H](O)[C@@H]2O)cc1. The number of fused-ring (bicyclic) bond motifs is 1. The van der Waals surface area contributed by atoms with Crippen molar-refractivity contribution in [3.05, 3.63) is 54.0 Å². The summed E-state index contributed by atoms with van der Waals surface area (Å²) in [4.78, 5) is 3.89. The maximum atomic E-state index is 14.1. The molecule has 1 unspecified atom stereocenters. The number of anilines is 1. The smallest absolute Gasteiger partial charge is 0.367 e. The minimum atomic E-state index is -3.11. The number of benzene rings is 1. The minimum absolute atomic E-state index is 0.0514. The topological polar surface area (TPSA) is 141 Å². The van der Waals surface area contributed by atoms with Gasteiger partial charge in [0.1, 0.15) is 48.2 Å². The second-order valence-corrected chi connectivity index (χ2v) is 10.3. The maximum absolute atomic E-state index is 14.1. The molecule has 0 spiro atoms. The molecule has 4 N–H and O–H groups in total. The van der Waals surface area contributed by atoms with E-state index < -0.39 is 45.4 Å². The summed E-state index contributed by atoms with van der Waals surface area (Å²) in [5, 5.41) is 25.3. The van der Waals surface area contributed by atoms with Crippen molar-refractivity contribution in [1.29, 1.82) is 0 Å². The molecule has 34 heavy (non-hydrogen) atoms. The van der Waals surface area contributed by atoms with Gasteiger partial charge >= 0.3 is 8.25 Å². The van der Waals surface area contributed by atoms with Gasteiger partial charge in [-0.25, -0.2) is 18.5 Å². The van der Waals surface area contributed by atoms with Crippen molar-refractivity contribution in [3.63, 3.8) is 0 Å². The van der Waals surface area contributed by atoms with Crippen LogP contribution in [0.2, 0.25) is 0 Å². The van der Waals surface area contributed by atoms with Crippen molar-refractivity contribution < 1.29 is 33.0 Å². The normalized spacial score (nSPS) is 26.1. The lowest BCUT2D eigenvalue weighted by atomic mass is 9.87. The molecular formula is C22H28FN4O6P. The Morgan fingerprint density at radius 3 is 2.59 bits per heavy atom. The number of hydrogen-bond acceptors (Lipinski definition) is 9. The fourth-order valence-electron chi connectivity index (χ4n) is 3.89. The molecule has 1 aromatic carbocycles. The molecule has 3 heterocycles. The highest BCUT2D eigenvalue weighted by Crippen LogP contribution is 2.43. The molecule has 0 aliphatic carbocycles. The molecule has 0 saturated carbocycles. The first-order valence-electron chi connectivity index (χ1n) is 10.7. The number of nitrogens with zero attached hydrogens (tertiary/aromatic N) is 3. The van der Waals surface area contributed by atoms with Gasteiger partial charge in [0.2, 0.25) is 0 Å². The maximum Gasteiger partial charge on any atom is 0.367 e. The third-order valence-corrected chi connectivity index (χ3v) is 6.70. The zero-order valence-corrected chi connectivity index (χ0v) is 20.0. The summed E-state index contributed by atoms with van der Waals surface area (Å²) >= 11 is 0. The van der Waals surface area contributed by atoms with Gasteiger partial charge in [-0.05, 0) is 35.2 Å². The first-order chi connectivity index (χ1) is 16.1. The molecule has 4 rings (SSSR count). The summed E-state index contributed by atoms with van der Waals surface area (Å²) in [5.74, 6) is 0.537. The Morgan fingerprint density at radius 2 is 1.94 bits per heavy atom. The Labute approximate surface area is 196 Å². The Balaban J connectivity index is 1.46. The molecule has 1 aliphatic heterocycles. The molecule has 0 radical (unpaired) electrons. The molecule has 3 aromatic rings. The largest absolute Gasteiger partial charge is 0.426 e. The van der Waals surface area contributed by atoms with Crippen LogP contribution in [-0.4, -0.2) is 55.9 Å². The molecular weight excluding hydrogens is 466 g/mol. The Kier molecular flexibility index (Phi) is 6.67. The number of ether oxygens (including phenoxy) is 1. The van der Waals surface area contributed by atoms with Crippen molar-refractivity contribution in [1.82, 2.24) is 14.6 Å². The van der Waals surface area contributed by atoms with Crippen molar-refractivity contribution in [2.45, 2.75) is 50.1 Å². The summed E-state index contributed by atoms with van der Waals surface area (Å²) in [6.45, 7) is 4.41. The second kappa shape index (κ2) is 9.24. The van der Waals surface area contributed by atoms with Crippen LogP contribution < -0.4 is 10.3 Å². The zero-order valence-electron chi connectivity index (χ0n) is 19.0. The molecule has 1 saturated heterocycles. The molecule has 0 amide bonds. The number of alkyl halides is 1. The molecule has 0 bridgehead atoms. The van der Waals surface area contributed by atoms with Crippen LogP contribution in [0.1, 0.15) is 38.1 Å². The lowest BCUT2D eigenvalue weighted by Gasteiger charge is -2.28. The number of nitrogen functional groups attached to an aromatic ring is 1. The second-order valence-electron chi connectivity index (χ2n) is 9.29. The van der Waals surface area contributed by atoms with Crippen molar-refractivity contribution in [3.8, 4) is 5.75 Å². The van der Waals surface area contributed by atoms with Crippen molar-refractivity contribution >= 4 is 19.6 Å². The van der Waals surface area contributed by atoms with E-state index in [0.29, 0.717) is 17.0 Å². The van der Waals surface area contributed by atoms with Gasteiger partial charge < -0.3 is 25.2 Å². The van der Waals surface area contributed by atoms with Gasteiger partial charge in [-0.2, -0.15) is 5.10 Å². The molecule has 1 fully saturated rings. The van der Waals surface area contributed by atoms with Crippen LogP contribution in [-0.2, 0) is 19.2 Å². The number of nitrogens with two attached hydrogens (primary N) is 1. The molecule has 2 aromatic heterocycles. The van der Waals surface area contributed by atoms with Gasteiger partial charge in [-0.15, -0.1) is 0 Å². The highest BCUT2D eigenvalue weighted by Gasteiger charge is 2.56. The lowest BCUT2D eigenvalue weighted by molar-refractivity contribution is -0.118. The monoisotopic (exact) mass is 494 g/mol. The van der Waals surface area contributed by atoms with E-state index in [-0.39, 0.29) is 11.2 Å². The van der Waals surface area contributed by atoms with E-state index in [2.05, 4.69) is 30.9 Å². The number of hydrogen-bond donors (Lipinski definition) is 3. The first-order valence-corrected chi connectivity index (χ1v) is 11.9. The zero-order chi connectivity index (χ0) is 24.7. The average molecular weight is 494 g/mol. The van der Waals surface area contributed by atoms with Crippen LogP contribution in [0.15, 0.2) is 42.7 Å². The van der Waals surface area contributed by atoms with E-state index in [1.165, 1.54) is 10.8 Å². The number of halogens is 1. The molecule has 12 heteroatoms. The number of aliphatic hydroxyl groups excluding tert-OH is 2. The van der Waals surface area contributed by atoms with E-state index in [1.54, 1.807) is 24.3 Å². The van der Waals surface area contributed by atoms with Crippen LogP contribution in [0.25, 0.3) is 5.52 Å². The van der Waals surface area contributed by atoms with Crippen LogP contribution in [0.4, 0.5) is 10.2 Å². The average Bonchev–Trinajstić information content (AvgIpc) is 3.33. The third-order valence-electron chi connectivity index (χ3n) is 5.92. The molecule has 10 nitrogen and oxygen atoms in total. The van der Waals surface area contributed by atoms with Crippen molar-refractivity contribution in [2.24, 2.45) is 0 Å². The van der Waals surface area contributed by atoms with Crippen LogP contribution in [0, 0.1) is 0 Å². The van der Waals surface area contributed by atoms with E-state index in [1.807, 2.05) is 12.1 Å². The van der Waals surface area contributed by atoms with Crippen LogP contribution >= 0.6 is 8.25 Å². The van der Waals surface area contributed by atoms with E-state index in [0.717, 1.165) is 5.56 Å². The standard InChI is InChI=1S/C22H28FN4O6P/c1-21(2,3)13-4-6-14(7-5-13)33-34(30)31-11-22(10-23)19(29)17(28)18(32-22)15-8-9-16-20(24)25-12-26-27(15)16/h4-9,12,17-19,28-29,34H,10-11H2,1-3H3,(H2,24,25,26)/t17-,18-,19-,22+/m0/s1. The minimum Gasteiger partial charge on any atom is -0.426 e. The van der Waals surface area contributed by atoms with E-state index >= 15 is 0 Å². The van der Waals surface area contributed by atoms with Gasteiger partial charge in [0.05, 0.1) is 12.3 Å². The van der Waals surface area contributed by atoms with Crippen molar-refractivity contribution in [2.75, 3.05) is 19.0 Å². The molecule has 184 valence electrons. The fourth-order valence-corrected chi connectivity index (χ4v) is 4.64.